The SMILES string of the molecule is Cc1cc(-c2nnc(NC(=O)[C@H]3CCCN3S(C)(=O)=O)o2)nn1C. The first-order chi connectivity index (χ1) is 11.3. The molecule has 1 N–H and O–H groups in total. The molecule has 1 saturated heterocycles. The lowest BCUT2D eigenvalue weighted by Crippen LogP contribution is -2.42. The highest BCUT2D eigenvalue weighted by Crippen LogP contribution is 2.23. The molecule has 3 rings (SSSR count). The molecule has 0 aromatic carbocycles. The Morgan fingerprint density at radius 3 is 2.79 bits per heavy atom. The standard InChI is InChI=1S/C13H18N6O4S/c1-8-7-9(17-18(8)2)12-15-16-13(23-12)14-11(20)10-5-4-6-19(10)24(3,21)22/h7,10H,4-6H2,1-3H3,(H,14,16,20)/t10-/m1/s1. The van der Waals surface area contributed by atoms with Gasteiger partial charge in [0.25, 0.3) is 5.89 Å². The highest BCUT2D eigenvalue weighted by molar-refractivity contribution is 7.88. The topological polar surface area (TPSA) is 123 Å². The molecule has 2 aromatic rings. The fourth-order valence-corrected chi connectivity index (χ4v) is 3.75. The maximum atomic E-state index is 12.3. The van der Waals surface area contributed by atoms with Gasteiger partial charge in [0.15, 0.2) is 0 Å². The molecule has 0 aliphatic carbocycles. The molecular formula is C13H18N6O4S. The fraction of sp³-hybridized carbons (Fsp3) is 0.538. The van der Waals surface area contributed by atoms with Crippen molar-refractivity contribution >= 4 is 21.9 Å². The lowest BCUT2D eigenvalue weighted by molar-refractivity contribution is -0.119. The average Bonchev–Trinajstić information content (AvgIpc) is 3.19. The van der Waals surface area contributed by atoms with Gasteiger partial charge >= 0.3 is 6.01 Å². The molecule has 10 nitrogen and oxygen atoms in total. The van der Waals surface area contributed by atoms with Crippen molar-refractivity contribution in [1.29, 1.82) is 0 Å². The zero-order chi connectivity index (χ0) is 17.5. The van der Waals surface area contributed by atoms with Crippen molar-refractivity contribution in [3.05, 3.63) is 11.8 Å². The van der Waals surface area contributed by atoms with Crippen LogP contribution in [0.25, 0.3) is 11.6 Å². The quantitative estimate of drug-likeness (QED) is 0.828. The van der Waals surface area contributed by atoms with Crippen LogP contribution in [-0.2, 0) is 21.9 Å². The van der Waals surface area contributed by atoms with Crippen LogP contribution in [0.3, 0.4) is 0 Å². The Hall–Kier alpha value is -2.27. The molecule has 0 bridgehead atoms. The van der Waals surface area contributed by atoms with Gasteiger partial charge in [0, 0.05) is 19.3 Å². The maximum absolute atomic E-state index is 12.3. The summed E-state index contributed by atoms with van der Waals surface area (Å²) in [5.74, 6) is -0.300. The third-order valence-corrected chi connectivity index (χ3v) is 5.21. The molecule has 11 heteroatoms. The zero-order valence-corrected chi connectivity index (χ0v) is 14.4. The van der Waals surface area contributed by atoms with Crippen molar-refractivity contribution in [3.8, 4) is 11.6 Å². The van der Waals surface area contributed by atoms with Crippen LogP contribution in [0.2, 0.25) is 0 Å². The van der Waals surface area contributed by atoms with Gasteiger partial charge in [0.1, 0.15) is 11.7 Å². The highest BCUT2D eigenvalue weighted by atomic mass is 32.2. The normalized spacial score (nSPS) is 18.9. The van der Waals surface area contributed by atoms with Crippen LogP contribution in [0.5, 0.6) is 0 Å². The summed E-state index contributed by atoms with van der Waals surface area (Å²) in [4.78, 5) is 12.3. The van der Waals surface area contributed by atoms with E-state index >= 15 is 0 Å². The van der Waals surface area contributed by atoms with Crippen molar-refractivity contribution in [1.82, 2.24) is 24.3 Å². The van der Waals surface area contributed by atoms with Gasteiger partial charge in [-0.1, -0.05) is 5.10 Å². The van der Waals surface area contributed by atoms with Gasteiger partial charge in [0.05, 0.1) is 6.26 Å². The van der Waals surface area contributed by atoms with Crippen molar-refractivity contribution in [2.24, 2.45) is 7.05 Å². The Kier molecular flexibility index (Phi) is 4.13. The number of sulfonamides is 1. The molecule has 0 spiro atoms. The Labute approximate surface area is 138 Å². The van der Waals surface area contributed by atoms with Gasteiger partial charge in [-0.3, -0.25) is 14.8 Å². The summed E-state index contributed by atoms with van der Waals surface area (Å²) in [5, 5.41) is 14.3. The molecule has 1 fully saturated rings. The molecule has 0 saturated carbocycles. The summed E-state index contributed by atoms with van der Waals surface area (Å²) in [5.41, 5.74) is 1.42. The van der Waals surface area contributed by atoms with Crippen LogP contribution < -0.4 is 5.32 Å². The largest absolute Gasteiger partial charge is 0.401 e. The Morgan fingerprint density at radius 1 is 1.42 bits per heavy atom. The number of hydrogen-bond acceptors (Lipinski definition) is 7. The second-order valence-electron chi connectivity index (χ2n) is 5.73. The lowest BCUT2D eigenvalue weighted by atomic mass is 10.2. The minimum atomic E-state index is -3.44. The zero-order valence-electron chi connectivity index (χ0n) is 13.6. The van der Waals surface area contributed by atoms with Crippen LogP contribution in [0.15, 0.2) is 10.5 Å². The first-order valence-electron chi connectivity index (χ1n) is 7.38. The Balaban J connectivity index is 1.74. The Bertz CT molecular complexity index is 851. The summed E-state index contributed by atoms with van der Waals surface area (Å²) in [6, 6.07) is 0.938. The molecule has 0 unspecified atom stereocenters. The summed E-state index contributed by atoms with van der Waals surface area (Å²) in [7, 11) is -1.65. The molecule has 1 atom stereocenters. The Morgan fingerprint density at radius 2 is 2.17 bits per heavy atom. The van der Waals surface area contributed by atoms with Crippen molar-refractivity contribution in [3.63, 3.8) is 0 Å². The predicted octanol–water partition coefficient (Wildman–Crippen LogP) is 0.141. The first-order valence-corrected chi connectivity index (χ1v) is 9.23. The van der Waals surface area contributed by atoms with Crippen LogP contribution in [0.4, 0.5) is 6.01 Å². The second kappa shape index (κ2) is 5.98. The number of amides is 1. The molecule has 2 aromatic heterocycles. The fourth-order valence-electron chi connectivity index (χ4n) is 2.63. The van der Waals surface area contributed by atoms with Gasteiger partial charge in [-0.15, -0.1) is 5.10 Å². The van der Waals surface area contributed by atoms with Crippen molar-refractivity contribution in [2.45, 2.75) is 25.8 Å². The molecule has 24 heavy (non-hydrogen) atoms. The summed E-state index contributed by atoms with van der Waals surface area (Å²) < 4.78 is 31.7. The van der Waals surface area contributed by atoms with E-state index in [-0.39, 0.29) is 11.9 Å². The molecule has 3 heterocycles. The van der Waals surface area contributed by atoms with Crippen LogP contribution in [0, 0.1) is 6.92 Å². The van der Waals surface area contributed by atoms with Crippen molar-refractivity contribution < 1.29 is 17.6 Å². The molecular weight excluding hydrogens is 336 g/mol. The van der Waals surface area contributed by atoms with Gasteiger partial charge in [-0.05, 0) is 25.8 Å². The monoisotopic (exact) mass is 354 g/mol. The van der Waals surface area contributed by atoms with Gasteiger partial charge in [0.2, 0.25) is 15.9 Å². The minimum absolute atomic E-state index is 0.0846. The molecule has 1 aliphatic rings. The second-order valence-corrected chi connectivity index (χ2v) is 7.66. The van der Waals surface area contributed by atoms with Gasteiger partial charge in [-0.25, -0.2) is 8.42 Å². The molecule has 130 valence electrons. The van der Waals surface area contributed by atoms with Crippen LogP contribution in [-0.4, -0.2) is 57.5 Å². The summed E-state index contributed by atoms with van der Waals surface area (Å²) in [6.07, 6.45) is 2.18. The number of hydrogen-bond donors (Lipinski definition) is 1. The number of carbonyl (C=O) groups excluding carboxylic acids is 1. The third-order valence-electron chi connectivity index (χ3n) is 3.92. The first kappa shape index (κ1) is 16.6. The number of carbonyl (C=O) groups is 1. The van der Waals surface area contributed by atoms with E-state index in [0.717, 1.165) is 11.9 Å². The van der Waals surface area contributed by atoms with Crippen molar-refractivity contribution in [2.75, 3.05) is 18.1 Å². The number of rotatable bonds is 4. The molecule has 1 amide bonds. The van der Waals surface area contributed by atoms with E-state index in [1.807, 2.05) is 6.92 Å². The average molecular weight is 354 g/mol. The third kappa shape index (κ3) is 3.17. The van der Waals surface area contributed by atoms with E-state index in [9.17, 15) is 13.2 Å². The lowest BCUT2D eigenvalue weighted by Gasteiger charge is -2.20. The molecule has 1 aliphatic heterocycles. The van der Waals surface area contributed by atoms with E-state index in [2.05, 4.69) is 20.6 Å². The van der Waals surface area contributed by atoms with E-state index in [4.69, 9.17) is 4.42 Å². The number of aryl methyl sites for hydroxylation is 2. The minimum Gasteiger partial charge on any atom is -0.401 e. The summed E-state index contributed by atoms with van der Waals surface area (Å²) in [6.45, 7) is 2.22. The van der Waals surface area contributed by atoms with Crippen LogP contribution >= 0.6 is 0 Å². The van der Waals surface area contributed by atoms with Crippen LogP contribution in [0.1, 0.15) is 18.5 Å². The van der Waals surface area contributed by atoms with E-state index in [1.165, 1.54) is 4.31 Å². The number of nitrogens with zero attached hydrogens (tertiary/aromatic N) is 5. The molecule has 0 radical (unpaired) electrons. The van der Waals surface area contributed by atoms with E-state index < -0.39 is 22.0 Å². The summed E-state index contributed by atoms with van der Waals surface area (Å²) >= 11 is 0. The highest BCUT2D eigenvalue weighted by Gasteiger charge is 2.37. The number of nitrogens with one attached hydrogen (secondary N) is 1. The maximum Gasteiger partial charge on any atom is 0.322 e. The van der Waals surface area contributed by atoms with Gasteiger partial charge < -0.3 is 4.42 Å². The smallest absolute Gasteiger partial charge is 0.322 e. The predicted molar refractivity (Wildman–Crippen MR) is 84.4 cm³/mol. The van der Waals surface area contributed by atoms with Gasteiger partial charge in [-0.2, -0.15) is 9.40 Å². The number of anilines is 1. The van der Waals surface area contributed by atoms with E-state index in [1.54, 1.807) is 17.8 Å². The number of aromatic nitrogens is 4. The van der Waals surface area contributed by atoms with E-state index in [0.29, 0.717) is 25.1 Å².